The Bertz CT molecular complexity index is 1250. The van der Waals surface area contributed by atoms with E-state index in [9.17, 15) is 9.18 Å². The largest absolute Gasteiger partial charge is 0.361 e. The van der Waals surface area contributed by atoms with Crippen molar-refractivity contribution in [3.8, 4) is 0 Å². The molecule has 5 nitrogen and oxygen atoms in total. The highest BCUT2D eigenvalue weighted by molar-refractivity contribution is 6.10. The second-order valence-corrected chi connectivity index (χ2v) is 7.27. The number of rotatable bonds is 5. The van der Waals surface area contributed by atoms with Crippen LogP contribution in [0.15, 0.2) is 84.0 Å². The van der Waals surface area contributed by atoms with Crippen LogP contribution in [-0.2, 0) is 6.42 Å². The molecule has 4 aromatic rings. The van der Waals surface area contributed by atoms with Crippen molar-refractivity contribution in [3.63, 3.8) is 0 Å². The number of benzene rings is 3. The highest BCUT2D eigenvalue weighted by atomic mass is 19.1. The van der Waals surface area contributed by atoms with Crippen LogP contribution in [0.5, 0.6) is 0 Å². The van der Waals surface area contributed by atoms with Gasteiger partial charge in [0.2, 0.25) is 5.96 Å². The van der Waals surface area contributed by atoms with Crippen LogP contribution in [0.4, 0.5) is 10.1 Å². The predicted molar refractivity (Wildman–Crippen MR) is 123 cm³/mol. The summed E-state index contributed by atoms with van der Waals surface area (Å²) in [4.78, 5) is 20.4. The summed E-state index contributed by atoms with van der Waals surface area (Å²) in [5.41, 5.74) is 4.06. The lowest BCUT2D eigenvalue weighted by Crippen LogP contribution is -2.36. The number of aromatic nitrogens is 1. The number of hydrogen-bond donors (Lipinski definition) is 3. The number of amides is 1. The van der Waals surface area contributed by atoms with Crippen molar-refractivity contribution in [2.45, 2.75) is 13.3 Å². The fourth-order valence-electron chi connectivity index (χ4n) is 3.42. The summed E-state index contributed by atoms with van der Waals surface area (Å²) in [6.45, 7) is 2.44. The minimum Gasteiger partial charge on any atom is -0.361 e. The van der Waals surface area contributed by atoms with Gasteiger partial charge in [0, 0.05) is 29.3 Å². The van der Waals surface area contributed by atoms with Gasteiger partial charge in [-0.3, -0.25) is 15.1 Å². The molecular weight excluding hydrogens is 391 g/mol. The summed E-state index contributed by atoms with van der Waals surface area (Å²) in [5.74, 6) is -0.850. The molecule has 0 saturated heterocycles. The van der Waals surface area contributed by atoms with Crippen molar-refractivity contribution < 1.29 is 9.18 Å². The maximum atomic E-state index is 14.0. The van der Waals surface area contributed by atoms with Gasteiger partial charge in [-0.1, -0.05) is 42.5 Å². The number of halogens is 1. The van der Waals surface area contributed by atoms with Crippen LogP contribution >= 0.6 is 0 Å². The minimum absolute atomic E-state index is 0.0297. The van der Waals surface area contributed by atoms with Crippen LogP contribution in [0, 0.1) is 12.7 Å². The third-order valence-corrected chi connectivity index (χ3v) is 4.96. The molecule has 6 heteroatoms. The van der Waals surface area contributed by atoms with Gasteiger partial charge in [-0.05, 0) is 54.8 Å². The van der Waals surface area contributed by atoms with Gasteiger partial charge in [-0.15, -0.1) is 0 Å². The Morgan fingerprint density at radius 2 is 1.84 bits per heavy atom. The van der Waals surface area contributed by atoms with Gasteiger partial charge < -0.3 is 10.3 Å². The monoisotopic (exact) mass is 414 g/mol. The quantitative estimate of drug-likeness (QED) is 0.316. The zero-order valence-electron chi connectivity index (χ0n) is 17.2. The Kier molecular flexibility index (Phi) is 6.08. The van der Waals surface area contributed by atoms with E-state index in [-0.39, 0.29) is 11.5 Å². The summed E-state index contributed by atoms with van der Waals surface area (Å²) in [6, 6.07) is 21.7. The minimum atomic E-state index is -0.575. The second-order valence-electron chi connectivity index (χ2n) is 7.27. The van der Waals surface area contributed by atoms with E-state index in [1.807, 2.05) is 55.6 Å². The molecular formula is C25H23FN4O. The summed E-state index contributed by atoms with van der Waals surface area (Å²) in [7, 11) is 0. The first-order valence-corrected chi connectivity index (χ1v) is 10.1. The van der Waals surface area contributed by atoms with E-state index in [1.54, 1.807) is 12.1 Å². The van der Waals surface area contributed by atoms with Crippen LogP contribution in [0.3, 0.4) is 0 Å². The zero-order chi connectivity index (χ0) is 21.6. The lowest BCUT2D eigenvalue weighted by molar-refractivity contribution is 0.0973. The van der Waals surface area contributed by atoms with Crippen LogP contribution in [0.1, 0.15) is 21.5 Å². The highest BCUT2D eigenvalue weighted by Gasteiger charge is 2.13. The fraction of sp³-hybridized carbons (Fsp3) is 0.120. The summed E-state index contributed by atoms with van der Waals surface area (Å²) in [6.07, 6.45) is 2.67. The van der Waals surface area contributed by atoms with Crippen molar-refractivity contribution in [3.05, 3.63) is 102 Å². The van der Waals surface area contributed by atoms with Crippen LogP contribution in [-0.4, -0.2) is 23.4 Å². The molecule has 156 valence electrons. The smallest absolute Gasteiger partial charge is 0.260 e. The number of aromatic amines is 1. The number of aliphatic imine (C=N–C) groups is 1. The van der Waals surface area contributed by atoms with E-state index in [1.165, 1.54) is 12.1 Å². The maximum Gasteiger partial charge on any atom is 0.260 e. The molecule has 0 bridgehead atoms. The maximum absolute atomic E-state index is 14.0. The van der Waals surface area contributed by atoms with Crippen LogP contribution in [0.25, 0.3) is 10.9 Å². The van der Waals surface area contributed by atoms with Crippen molar-refractivity contribution in [1.82, 2.24) is 10.3 Å². The summed E-state index contributed by atoms with van der Waals surface area (Å²) >= 11 is 0. The molecule has 0 unspecified atom stereocenters. The molecule has 0 aliphatic rings. The summed E-state index contributed by atoms with van der Waals surface area (Å²) in [5, 5.41) is 7.01. The van der Waals surface area contributed by atoms with E-state index >= 15 is 0 Å². The number of fused-ring (bicyclic) bond motifs is 1. The number of para-hydroxylation sites is 1. The number of aryl methyl sites for hydroxylation is 1. The van der Waals surface area contributed by atoms with E-state index in [2.05, 4.69) is 26.7 Å². The number of anilines is 1. The van der Waals surface area contributed by atoms with Crippen molar-refractivity contribution in [2.75, 3.05) is 11.9 Å². The van der Waals surface area contributed by atoms with E-state index in [4.69, 9.17) is 0 Å². The standard InChI is InChI=1S/C25H23FN4O/c1-17-7-6-8-19(15-17)29-25(30-24(31)21-10-2-4-11-22(21)26)27-14-13-18-16-28-23-12-5-3-9-20(18)23/h2-12,15-16,28H,13-14H2,1H3,(H2,27,29,30,31). The molecule has 0 atom stereocenters. The van der Waals surface area contributed by atoms with Crippen LogP contribution in [0.2, 0.25) is 0 Å². The number of carbonyl (C=O) groups excluding carboxylic acids is 1. The van der Waals surface area contributed by atoms with Gasteiger partial charge in [-0.2, -0.15) is 0 Å². The first-order chi connectivity index (χ1) is 15.1. The normalized spacial score (nSPS) is 11.5. The topological polar surface area (TPSA) is 69.3 Å². The fourth-order valence-corrected chi connectivity index (χ4v) is 3.42. The Morgan fingerprint density at radius 3 is 2.68 bits per heavy atom. The number of guanidine groups is 1. The molecule has 3 N–H and O–H groups in total. The molecule has 3 aromatic carbocycles. The van der Waals surface area contributed by atoms with Gasteiger partial charge in [0.15, 0.2) is 0 Å². The van der Waals surface area contributed by atoms with Crippen molar-refractivity contribution >= 4 is 28.5 Å². The molecule has 0 aliphatic carbocycles. The number of nitrogens with zero attached hydrogens (tertiary/aromatic N) is 1. The average Bonchev–Trinajstić information content (AvgIpc) is 3.17. The first-order valence-electron chi connectivity index (χ1n) is 10.1. The van der Waals surface area contributed by atoms with Crippen molar-refractivity contribution in [2.24, 2.45) is 4.99 Å². The van der Waals surface area contributed by atoms with Gasteiger partial charge >= 0.3 is 0 Å². The molecule has 4 rings (SSSR count). The molecule has 1 amide bonds. The molecule has 0 saturated carbocycles. The Balaban J connectivity index is 1.53. The number of carbonyl (C=O) groups is 1. The van der Waals surface area contributed by atoms with E-state index < -0.39 is 11.7 Å². The number of nitrogens with one attached hydrogen (secondary N) is 3. The molecule has 0 spiro atoms. The lowest BCUT2D eigenvalue weighted by atomic mass is 10.1. The third kappa shape index (κ3) is 4.98. The van der Waals surface area contributed by atoms with Crippen LogP contribution < -0.4 is 10.6 Å². The number of hydrogen-bond acceptors (Lipinski definition) is 2. The summed E-state index contributed by atoms with van der Waals surface area (Å²) < 4.78 is 14.0. The Hall–Kier alpha value is -3.93. The molecule has 1 heterocycles. The average molecular weight is 414 g/mol. The number of H-pyrrole nitrogens is 1. The molecule has 0 aliphatic heterocycles. The van der Waals surface area contributed by atoms with Gasteiger partial charge in [-0.25, -0.2) is 4.39 Å². The predicted octanol–water partition coefficient (Wildman–Crippen LogP) is 5.06. The molecule has 1 aromatic heterocycles. The highest BCUT2D eigenvalue weighted by Crippen LogP contribution is 2.18. The van der Waals surface area contributed by atoms with E-state index in [0.717, 1.165) is 27.7 Å². The Labute approximate surface area is 180 Å². The zero-order valence-corrected chi connectivity index (χ0v) is 17.2. The lowest BCUT2D eigenvalue weighted by Gasteiger charge is -2.12. The van der Waals surface area contributed by atoms with Crippen molar-refractivity contribution in [1.29, 1.82) is 0 Å². The molecule has 0 fully saturated rings. The molecule has 31 heavy (non-hydrogen) atoms. The van der Waals surface area contributed by atoms with Gasteiger partial charge in [0.1, 0.15) is 5.82 Å². The molecule has 0 radical (unpaired) electrons. The van der Waals surface area contributed by atoms with Gasteiger partial charge in [0.25, 0.3) is 5.91 Å². The SMILES string of the molecule is Cc1cccc(NC(=NCCc2c[nH]c3ccccc23)NC(=O)c2ccccc2F)c1. The first kappa shape index (κ1) is 20.3. The third-order valence-electron chi connectivity index (χ3n) is 4.96. The van der Waals surface area contributed by atoms with E-state index in [0.29, 0.717) is 13.0 Å². The second kappa shape index (κ2) is 9.26. The van der Waals surface area contributed by atoms with Gasteiger partial charge in [0.05, 0.1) is 5.56 Å². The Morgan fingerprint density at radius 1 is 1.03 bits per heavy atom.